The summed E-state index contributed by atoms with van der Waals surface area (Å²) in [5.41, 5.74) is 0. The highest BCUT2D eigenvalue weighted by molar-refractivity contribution is 4.98. The summed E-state index contributed by atoms with van der Waals surface area (Å²) in [7, 11) is 0. The lowest BCUT2D eigenvalue weighted by molar-refractivity contribution is -0.0462. The molecule has 4 bridgehead atoms. The predicted octanol–water partition coefficient (Wildman–Crippen LogP) is 3.84. The Morgan fingerprint density at radius 3 is 2.22 bits per heavy atom. The number of nitrogens with one attached hydrogen (secondary N) is 1. The molecule has 1 atom stereocenters. The summed E-state index contributed by atoms with van der Waals surface area (Å²) in [6.07, 6.45) is 14.1. The van der Waals surface area contributed by atoms with Crippen LogP contribution in [0.25, 0.3) is 0 Å². The topological polar surface area (TPSA) is 12.0 Å². The van der Waals surface area contributed by atoms with E-state index in [0.717, 1.165) is 35.5 Å². The molecule has 5 rings (SSSR count). The van der Waals surface area contributed by atoms with E-state index in [1.165, 1.54) is 32.4 Å². The Bertz CT molecular complexity index is 262. The van der Waals surface area contributed by atoms with Gasteiger partial charge >= 0.3 is 0 Å². The molecule has 4 saturated carbocycles. The Morgan fingerprint density at radius 2 is 1.50 bits per heavy atom. The van der Waals surface area contributed by atoms with E-state index in [9.17, 15) is 0 Å². The van der Waals surface area contributed by atoms with Gasteiger partial charge in [0.05, 0.1) is 0 Å². The molecule has 1 N–H and O–H groups in total. The van der Waals surface area contributed by atoms with Gasteiger partial charge in [0.2, 0.25) is 0 Å². The lowest BCUT2D eigenvalue weighted by Gasteiger charge is -2.55. The molecular formula is C17H29N. The Kier molecular flexibility index (Phi) is 3.14. The first-order chi connectivity index (χ1) is 8.88. The third kappa shape index (κ3) is 2.13. The molecule has 0 aromatic heterocycles. The molecule has 0 radical (unpaired) electrons. The van der Waals surface area contributed by atoms with E-state index in [1.54, 1.807) is 38.5 Å². The Hall–Kier alpha value is -0.0400. The van der Waals surface area contributed by atoms with Gasteiger partial charge in [-0.1, -0.05) is 0 Å². The van der Waals surface area contributed by atoms with E-state index in [-0.39, 0.29) is 0 Å². The molecule has 1 heterocycles. The van der Waals surface area contributed by atoms with Crippen LogP contribution in [0.2, 0.25) is 0 Å². The van der Waals surface area contributed by atoms with Crippen LogP contribution < -0.4 is 5.32 Å². The van der Waals surface area contributed by atoms with Crippen molar-refractivity contribution in [1.29, 1.82) is 0 Å². The zero-order valence-electron chi connectivity index (χ0n) is 11.7. The summed E-state index contributed by atoms with van der Waals surface area (Å²) < 4.78 is 0. The van der Waals surface area contributed by atoms with Crippen molar-refractivity contribution in [2.45, 2.75) is 57.8 Å². The van der Waals surface area contributed by atoms with Crippen LogP contribution in [0.5, 0.6) is 0 Å². The zero-order valence-corrected chi connectivity index (χ0v) is 11.7. The average Bonchev–Trinajstić information content (AvgIpc) is 2.61. The fraction of sp³-hybridized carbons (Fsp3) is 1.00. The van der Waals surface area contributed by atoms with E-state index >= 15 is 0 Å². The summed E-state index contributed by atoms with van der Waals surface area (Å²) in [4.78, 5) is 0. The second-order valence-electron chi connectivity index (χ2n) is 7.88. The number of hydrogen-bond acceptors (Lipinski definition) is 1. The normalized spacial score (nSPS) is 51.3. The molecule has 4 aliphatic carbocycles. The third-order valence-corrected chi connectivity index (χ3v) is 6.72. The van der Waals surface area contributed by atoms with Crippen LogP contribution in [0.1, 0.15) is 57.8 Å². The summed E-state index contributed by atoms with van der Waals surface area (Å²) in [6, 6.07) is 0. The molecule has 0 spiro atoms. The number of rotatable bonds is 2. The van der Waals surface area contributed by atoms with Crippen molar-refractivity contribution in [3.05, 3.63) is 0 Å². The van der Waals surface area contributed by atoms with Gasteiger partial charge in [-0.2, -0.15) is 0 Å². The van der Waals surface area contributed by atoms with E-state index in [1.807, 2.05) is 0 Å². The lowest BCUT2D eigenvalue weighted by Crippen LogP contribution is -2.45. The fourth-order valence-electron chi connectivity index (χ4n) is 6.13. The molecule has 1 nitrogen and oxygen atoms in total. The summed E-state index contributed by atoms with van der Waals surface area (Å²) in [5.74, 6) is 6.80. The standard InChI is InChI=1S/C17H29N/c1-2-12(3-5-18-4-1)11-17-15-7-13-6-14(9-15)10-16(17)8-13/h12-18H,1-11H2. The van der Waals surface area contributed by atoms with Crippen LogP contribution in [0.3, 0.4) is 0 Å². The van der Waals surface area contributed by atoms with Crippen LogP contribution >= 0.6 is 0 Å². The van der Waals surface area contributed by atoms with Crippen molar-refractivity contribution in [3.63, 3.8) is 0 Å². The van der Waals surface area contributed by atoms with Crippen molar-refractivity contribution in [2.75, 3.05) is 13.1 Å². The summed E-state index contributed by atoms with van der Waals surface area (Å²) >= 11 is 0. The molecule has 5 fully saturated rings. The van der Waals surface area contributed by atoms with Gasteiger partial charge in [0.25, 0.3) is 0 Å². The first kappa shape index (κ1) is 11.8. The van der Waals surface area contributed by atoms with Crippen LogP contribution in [-0.2, 0) is 0 Å². The maximum absolute atomic E-state index is 3.58. The fourth-order valence-corrected chi connectivity index (χ4v) is 6.13. The minimum absolute atomic E-state index is 1.06. The molecule has 18 heavy (non-hydrogen) atoms. The Balaban J connectivity index is 1.42. The van der Waals surface area contributed by atoms with E-state index in [0.29, 0.717) is 0 Å². The molecule has 5 aliphatic rings. The molecule has 1 unspecified atom stereocenters. The van der Waals surface area contributed by atoms with Gasteiger partial charge in [-0.3, -0.25) is 0 Å². The minimum atomic E-state index is 1.06. The Labute approximate surface area is 112 Å². The van der Waals surface area contributed by atoms with Crippen LogP contribution in [0.4, 0.5) is 0 Å². The molecule has 1 saturated heterocycles. The van der Waals surface area contributed by atoms with Gasteiger partial charge in [-0.15, -0.1) is 0 Å². The quantitative estimate of drug-likeness (QED) is 0.782. The van der Waals surface area contributed by atoms with Gasteiger partial charge in [0.15, 0.2) is 0 Å². The first-order valence-corrected chi connectivity index (χ1v) is 8.59. The average molecular weight is 247 g/mol. The lowest BCUT2D eigenvalue weighted by atomic mass is 9.50. The molecule has 1 aliphatic heterocycles. The first-order valence-electron chi connectivity index (χ1n) is 8.59. The van der Waals surface area contributed by atoms with Crippen LogP contribution in [0.15, 0.2) is 0 Å². The Morgan fingerprint density at radius 1 is 0.778 bits per heavy atom. The maximum atomic E-state index is 3.58. The van der Waals surface area contributed by atoms with Crippen LogP contribution in [0, 0.1) is 35.5 Å². The molecule has 0 aromatic carbocycles. The van der Waals surface area contributed by atoms with Crippen LogP contribution in [-0.4, -0.2) is 13.1 Å². The van der Waals surface area contributed by atoms with Crippen molar-refractivity contribution in [1.82, 2.24) is 5.32 Å². The molecule has 102 valence electrons. The van der Waals surface area contributed by atoms with E-state index < -0.39 is 0 Å². The third-order valence-electron chi connectivity index (χ3n) is 6.72. The van der Waals surface area contributed by atoms with Gasteiger partial charge in [0.1, 0.15) is 0 Å². The molecule has 0 aromatic rings. The SMILES string of the molecule is C1CNCCC(CC2C3CC4CC(C3)CC2C4)C1. The van der Waals surface area contributed by atoms with Gasteiger partial charge < -0.3 is 5.32 Å². The van der Waals surface area contributed by atoms with Crippen molar-refractivity contribution in [3.8, 4) is 0 Å². The highest BCUT2D eigenvalue weighted by Crippen LogP contribution is 2.58. The van der Waals surface area contributed by atoms with Gasteiger partial charge in [-0.05, 0) is 106 Å². The number of hydrogen-bond donors (Lipinski definition) is 1. The second kappa shape index (κ2) is 4.81. The molecule has 0 amide bonds. The van der Waals surface area contributed by atoms with E-state index in [2.05, 4.69) is 5.32 Å². The van der Waals surface area contributed by atoms with Crippen molar-refractivity contribution in [2.24, 2.45) is 35.5 Å². The summed E-state index contributed by atoms with van der Waals surface area (Å²) in [5, 5.41) is 3.58. The van der Waals surface area contributed by atoms with E-state index in [4.69, 9.17) is 0 Å². The van der Waals surface area contributed by atoms with Crippen molar-refractivity contribution >= 4 is 0 Å². The van der Waals surface area contributed by atoms with Gasteiger partial charge in [-0.25, -0.2) is 0 Å². The highest BCUT2D eigenvalue weighted by atomic mass is 14.8. The minimum Gasteiger partial charge on any atom is -0.317 e. The maximum Gasteiger partial charge on any atom is -0.00463 e. The monoisotopic (exact) mass is 247 g/mol. The highest BCUT2D eigenvalue weighted by Gasteiger charge is 2.48. The van der Waals surface area contributed by atoms with Crippen molar-refractivity contribution < 1.29 is 0 Å². The predicted molar refractivity (Wildman–Crippen MR) is 75.4 cm³/mol. The second-order valence-corrected chi connectivity index (χ2v) is 7.88. The molecule has 1 heteroatoms. The largest absolute Gasteiger partial charge is 0.317 e. The smallest absolute Gasteiger partial charge is 0.00463 e. The van der Waals surface area contributed by atoms with Gasteiger partial charge in [0, 0.05) is 0 Å². The molecular weight excluding hydrogens is 218 g/mol. The summed E-state index contributed by atoms with van der Waals surface area (Å²) in [6.45, 7) is 2.57. The zero-order chi connectivity index (χ0) is 11.9.